The van der Waals surface area contributed by atoms with Crippen molar-refractivity contribution in [1.82, 2.24) is 10.2 Å². The standard InChI is InChI=1S/C29H35N3O6S/c1-6-25(29(34)30-3)31(19-22-13-15-23(37-4)16-14-22)28(33)20-32(26-18-21(2)12-17-27(26)38-5)39(35,36)24-10-8-7-9-11-24/h7-18,25H,6,19-20H2,1-5H3,(H,30,34)/t25-/m1/s1. The zero-order valence-corrected chi connectivity index (χ0v) is 23.7. The van der Waals surface area contributed by atoms with E-state index in [1.807, 2.05) is 6.92 Å². The second-order valence-electron chi connectivity index (χ2n) is 8.91. The molecule has 2 amide bonds. The molecule has 1 N–H and O–H groups in total. The SMILES string of the molecule is CC[C@H](C(=O)NC)N(Cc1ccc(OC)cc1)C(=O)CN(c1cc(C)ccc1OC)S(=O)(=O)c1ccccc1. The number of methoxy groups -OCH3 is 2. The Morgan fingerprint density at radius 1 is 0.949 bits per heavy atom. The zero-order valence-electron chi connectivity index (χ0n) is 22.9. The van der Waals surface area contributed by atoms with Gasteiger partial charge in [-0.1, -0.05) is 43.3 Å². The summed E-state index contributed by atoms with van der Waals surface area (Å²) >= 11 is 0. The van der Waals surface area contributed by atoms with Gasteiger partial charge in [-0.05, 0) is 60.9 Å². The van der Waals surface area contributed by atoms with Crippen LogP contribution in [0.4, 0.5) is 5.69 Å². The van der Waals surface area contributed by atoms with E-state index in [1.165, 1.54) is 31.2 Å². The number of nitrogens with one attached hydrogen (secondary N) is 1. The molecule has 0 aromatic heterocycles. The van der Waals surface area contributed by atoms with Crippen LogP contribution < -0.4 is 19.1 Å². The van der Waals surface area contributed by atoms with E-state index in [2.05, 4.69) is 5.32 Å². The van der Waals surface area contributed by atoms with Gasteiger partial charge >= 0.3 is 0 Å². The number of amides is 2. The predicted octanol–water partition coefficient (Wildman–Crippen LogP) is 3.76. The summed E-state index contributed by atoms with van der Waals surface area (Å²) in [7, 11) is 0.324. The van der Waals surface area contributed by atoms with Crippen LogP contribution in [0.15, 0.2) is 77.7 Å². The van der Waals surface area contributed by atoms with Crippen LogP contribution in [0.3, 0.4) is 0 Å². The fourth-order valence-electron chi connectivity index (χ4n) is 4.24. The lowest BCUT2D eigenvalue weighted by molar-refractivity contribution is -0.140. The Morgan fingerprint density at radius 2 is 1.62 bits per heavy atom. The summed E-state index contributed by atoms with van der Waals surface area (Å²) in [5.41, 5.74) is 1.78. The summed E-state index contributed by atoms with van der Waals surface area (Å²) in [6.45, 7) is 3.18. The van der Waals surface area contributed by atoms with Gasteiger partial charge in [0.05, 0.1) is 24.8 Å². The Labute approximate surface area is 230 Å². The van der Waals surface area contributed by atoms with Gasteiger partial charge in [0, 0.05) is 13.6 Å². The molecule has 3 aromatic rings. The molecule has 0 fully saturated rings. The number of aryl methyl sites for hydroxylation is 1. The van der Waals surface area contributed by atoms with Crippen LogP contribution in [-0.4, -0.2) is 59.0 Å². The van der Waals surface area contributed by atoms with Crippen LogP contribution >= 0.6 is 0 Å². The minimum Gasteiger partial charge on any atom is -0.497 e. The Balaban J connectivity index is 2.10. The normalized spacial score (nSPS) is 11.8. The third-order valence-electron chi connectivity index (χ3n) is 6.36. The number of rotatable bonds is 12. The first-order chi connectivity index (χ1) is 18.7. The summed E-state index contributed by atoms with van der Waals surface area (Å²) in [5, 5.41) is 2.62. The molecular weight excluding hydrogens is 518 g/mol. The predicted molar refractivity (Wildman–Crippen MR) is 150 cm³/mol. The van der Waals surface area contributed by atoms with Crippen LogP contribution in [0.25, 0.3) is 0 Å². The molecule has 0 radical (unpaired) electrons. The fraction of sp³-hybridized carbons (Fsp3) is 0.310. The number of ether oxygens (including phenoxy) is 2. The van der Waals surface area contributed by atoms with E-state index in [4.69, 9.17) is 9.47 Å². The van der Waals surface area contributed by atoms with E-state index in [0.29, 0.717) is 17.9 Å². The first-order valence-electron chi connectivity index (χ1n) is 12.5. The largest absolute Gasteiger partial charge is 0.497 e. The van der Waals surface area contributed by atoms with Gasteiger partial charge in [-0.3, -0.25) is 13.9 Å². The van der Waals surface area contributed by atoms with Crippen molar-refractivity contribution in [2.75, 3.05) is 32.1 Å². The van der Waals surface area contributed by atoms with E-state index < -0.39 is 28.5 Å². The minimum atomic E-state index is -4.18. The van der Waals surface area contributed by atoms with Gasteiger partial charge < -0.3 is 19.7 Å². The van der Waals surface area contributed by atoms with Crippen molar-refractivity contribution in [3.8, 4) is 11.5 Å². The highest BCUT2D eigenvalue weighted by atomic mass is 32.2. The van der Waals surface area contributed by atoms with E-state index in [0.717, 1.165) is 15.4 Å². The molecule has 0 unspecified atom stereocenters. The monoisotopic (exact) mass is 553 g/mol. The fourth-order valence-corrected chi connectivity index (χ4v) is 5.68. The molecule has 9 nitrogen and oxygen atoms in total. The molecule has 0 heterocycles. The molecule has 0 aliphatic carbocycles. The van der Waals surface area contributed by atoms with Crippen molar-refractivity contribution < 1.29 is 27.5 Å². The molecule has 0 saturated carbocycles. The molecule has 0 bridgehead atoms. The zero-order chi connectivity index (χ0) is 28.6. The molecule has 10 heteroatoms. The van der Waals surface area contributed by atoms with Gasteiger partial charge in [0.25, 0.3) is 10.0 Å². The second-order valence-corrected chi connectivity index (χ2v) is 10.8. The number of carbonyl (C=O) groups is 2. The number of sulfonamides is 1. The average Bonchev–Trinajstić information content (AvgIpc) is 2.96. The van der Waals surface area contributed by atoms with Gasteiger partial charge in [0.2, 0.25) is 11.8 Å². The maximum atomic E-state index is 14.0. The lowest BCUT2D eigenvalue weighted by atomic mass is 10.1. The van der Waals surface area contributed by atoms with Crippen molar-refractivity contribution in [3.63, 3.8) is 0 Å². The van der Waals surface area contributed by atoms with Crippen molar-refractivity contribution in [3.05, 3.63) is 83.9 Å². The van der Waals surface area contributed by atoms with E-state index in [-0.39, 0.29) is 23.0 Å². The summed E-state index contributed by atoms with van der Waals surface area (Å²) in [4.78, 5) is 28.3. The highest BCUT2D eigenvalue weighted by molar-refractivity contribution is 7.92. The molecule has 208 valence electrons. The third-order valence-corrected chi connectivity index (χ3v) is 8.13. The van der Waals surface area contributed by atoms with Crippen molar-refractivity contribution in [2.45, 2.75) is 37.8 Å². The van der Waals surface area contributed by atoms with Crippen LogP contribution in [0.1, 0.15) is 24.5 Å². The topological polar surface area (TPSA) is 105 Å². The van der Waals surface area contributed by atoms with Crippen molar-refractivity contribution in [1.29, 1.82) is 0 Å². The maximum Gasteiger partial charge on any atom is 0.264 e. The van der Waals surface area contributed by atoms with Crippen LogP contribution in [0.5, 0.6) is 11.5 Å². The highest BCUT2D eigenvalue weighted by Gasteiger charge is 2.34. The second kappa shape index (κ2) is 13.1. The summed E-state index contributed by atoms with van der Waals surface area (Å²) in [5.74, 6) is 0.0730. The number of benzene rings is 3. The van der Waals surface area contributed by atoms with Gasteiger partial charge in [-0.15, -0.1) is 0 Å². The maximum absolute atomic E-state index is 14.0. The lowest BCUT2D eigenvalue weighted by Crippen LogP contribution is -2.51. The summed E-state index contributed by atoms with van der Waals surface area (Å²) in [6.07, 6.45) is 0.334. The van der Waals surface area contributed by atoms with Crippen LogP contribution in [-0.2, 0) is 26.2 Å². The lowest BCUT2D eigenvalue weighted by Gasteiger charge is -2.33. The Morgan fingerprint density at radius 3 is 2.18 bits per heavy atom. The van der Waals surface area contributed by atoms with Crippen molar-refractivity contribution >= 4 is 27.5 Å². The number of likely N-dealkylation sites (N-methyl/N-ethyl adjacent to an activating group) is 1. The number of carbonyl (C=O) groups excluding carboxylic acids is 2. The van der Waals surface area contributed by atoms with E-state index >= 15 is 0 Å². The quantitative estimate of drug-likeness (QED) is 0.366. The molecule has 3 aromatic carbocycles. The van der Waals surface area contributed by atoms with Crippen molar-refractivity contribution in [2.24, 2.45) is 0 Å². The van der Waals surface area contributed by atoms with Gasteiger partial charge in [0.15, 0.2) is 0 Å². The van der Waals surface area contributed by atoms with E-state index in [9.17, 15) is 18.0 Å². The van der Waals surface area contributed by atoms with Gasteiger partial charge in [0.1, 0.15) is 24.1 Å². The van der Waals surface area contributed by atoms with Gasteiger partial charge in [-0.2, -0.15) is 0 Å². The number of anilines is 1. The molecule has 39 heavy (non-hydrogen) atoms. The first kappa shape index (κ1) is 29.5. The summed E-state index contributed by atoms with van der Waals surface area (Å²) < 4.78 is 39.6. The number of hydrogen-bond acceptors (Lipinski definition) is 6. The Bertz CT molecular complexity index is 1380. The number of nitrogens with zero attached hydrogens (tertiary/aromatic N) is 2. The van der Waals surface area contributed by atoms with Crippen LogP contribution in [0.2, 0.25) is 0 Å². The smallest absolute Gasteiger partial charge is 0.264 e. The molecule has 0 saturated heterocycles. The third kappa shape index (κ3) is 6.88. The molecule has 1 atom stereocenters. The van der Waals surface area contributed by atoms with E-state index in [1.54, 1.807) is 74.7 Å². The van der Waals surface area contributed by atoms with Crippen LogP contribution in [0, 0.1) is 6.92 Å². The summed E-state index contributed by atoms with van der Waals surface area (Å²) in [6, 6.07) is 19.4. The molecule has 0 aliphatic rings. The first-order valence-corrected chi connectivity index (χ1v) is 14.0. The highest BCUT2D eigenvalue weighted by Crippen LogP contribution is 2.33. The van der Waals surface area contributed by atoms with Gasteiger partial charge in [-0.25, -0.2) is 8.42 Å². The molecule has 0 aliphatic heterocycles. The Hall–Kier alpha value is -4.05. The molecular formula is C29H35N3O6S. The minimum absolute atomic E-state index is 0.0291. The Kier molecular flexibility index (Phi) is 9.95. The number of hydrogen-bond donors (Lipinski definition) is 1. The molecule has 0 spiro atoms. The average molecular weight is 554 g/mol. The molecule has 3 rings (SSSR count).